The van der Waals surface area contributed by atoms with E-state index in [1.807, 2.05) is 4.90 Å². The zero-order valence-corrected chi connectivity index (χ0v) is 10.3. The Morgan fingerprint density at radius 1 is 1.12 bits per heavy atom. The summed E-state index contributed by atoms with van der Waals surface area (Å²) >= 11 is 0. The molecule has 0 bridgehead atoms. The topological polar surface area (TPSA) is 44.8 Å². The van der Waals surface area contributed by atoms with E-state index in [0.29, 0.717) is 19.8 Å². The van der Waals surface area contributed by atoms with Gasteiger partial charge in [0.1, 0.15) is 0 Å². The van der Waals surface area contributed by atoms with Gasteiger partial charge in [0.25, 0.3) is 0 Å². The van der Waals surface area contributed by atoms with Crippen LogP contribution in [0, 0.1) is 0 Å². The number of nitrogens with zero attached hydrogens (tertiary/aromatic N) is 2. The monoisotopic (exact) mass is 249 g/mol. The number of halogens is 1. The maximum Gasteiger partial charge on any atom is 0.236 e. The molecule has 16 heavy (non-hydrogen) atoms. The zero-order valence-electron chi connectivity index (χ0n) is 9.48. The van der Waals surface area contributed by atoms with E-state index in [1.54, 1.807) is 0 Å². The number of hydrogen-bond acceptors (Lipinski definition) is 4. The fourth-order valence-corrected chi connectivity index (χ4v) is 1.97. The smallest absolute Gasteiger partial charge is 0.236 e. The van der Waals surface area contributed by atoms with Gasteiger partial charge in [-0.3, -0.25) is 9.69 Å². The molecule has 94 valence electrons. The number of morpholine rings is 1. The van der Waals surface area contributed by atoms with Gasteiger partial charge in [-0.25, -0.2) is 0 Å². The van der Waals surface area contributed by atoms with Gasteiger partial charge in [-0.1, -0.05) is 0 Å². The van der Waals surface area contributed by atoms with Crippen molar-refractivity contribution in [2.24, 2.45) is 0 Å². The molecule has 2 fully saturated rings. The van der Waals surface area contributed by atoms with Crippen LogP contribution in [0.4, 0.5) is 0 Å². The molecule has 0 unspecified atom stereocenters. The van der Waals surface area contributed by atoms with Crippen LogP contribution in [0.15, 0.2) is 0 Å². The summed E-state index contributed by atoms with van der Waals surface area (Å²) in [6.07, 6.45) is 0. The summed E-state index contributed by atoms with van der Waals surface area (Å²) in [6.45, 7) is 7.41. The van der Waals surface area contributed by atoms with Crippen molar-refractivity contribution in [3.05, 3.63) is 0 Å². The van der Waals surface area contributed by atoms with Crippen molar-refractivity contribution in [1.82, 2.24) is 15.1 Å². The number of rotatable bonds is 2. The highest BCUT2D eigenvalue weighted by molar-refractivity contribution is 5.85. The number of carbonyl (C=O) groups excluding carboxylic acids is 1. The third-order valence-corrected chi connectivity index (χ3v) is 2.93. The average molecular weight is 250 g/mol. The van der Waals surface area contributed by atoms with Crippen LogP contribution in [0.2, 0.25) is 0 Å². The molecule has 0 aliphatic carbocycles. The van der Waals surface area contributed by atoms with Crippen LogP contribution in [0.1, 0.15) is 0 Å². The van der Waals surface area contributed by atoms with E-state index < -0.39 is 0 Å². The van der Waals surface area contributed by atoms with E-state index in [1.165, 1.54) is 0 Å². The molecular formula is C10H20ClN3O2. The highest BCUT2D eigenvalue weighted by atomic mass is 35.5. The molecule has 0 radical (unpaired) electrons. The van der Waals surface area contributed by atoms with Gasteiger partial charge in [0.05, 0.1) is 19.8 Å². The molecule has 2 aliphatic heterocycles. The number of piperazine rings is 1. The second kappa shape index (κ2) is 7.06. The van der Waals surface area contributed by atoms with Crippen LogP contribution in [0.25, 0.3) is 0 Å². The number of nitrogens with one attached hydrogen (secondary N) is 1. The molecule has 2 heterocycles. The predicted molar refractivity (Wildman–Crippen MR) is 64.0 cm³/mol. The second-order valence-corrected chi connectivity index (χ2v) is 4.02. The maximum atomic E-state index is 11.9. The van der Waals surface area contributed by atoms with E-state index in [-0.39, 0.29) is 18.3 Å². The summed E-state index contributed by atoms with van der Waals surface area (Å²) in [4.78, 5) is 16.0. The fraction of sp³-hybridized carbons (Fsp3) is 0.900. The van der Waals surface area contributed by atoms with Crippen molar-refractivity contribution in [3.8, 4) is 0 Å². The minimum absolute atomic E-state index is 0. The lowest BCUT2D eigenvalue weighted by molar-refractivity contribution is -0.136. The number of carbonyl (C=O) groups is 1. The van der Waals surface area contributed by atoms with Crippen LogP contribution in [0.3, 0.4) is 0 Å². The van der Waals surface area contributed by atoms with Crippen molar-refractivity contribution in [1.29, 1.82) is 0 Å². The Bertz CT molecular complexity index is 216. The Morgan fingerprint density at radius 3 is 2.38 bits per heavy atom. The third-order valence-electron chi connectivity index (χ3n) is 2.93. The molecule has 2 rings (SSSR count). The largest absolute Gasteiger partial charge is 0.378 e. The highest BCUT2D eigenvalue weighted by Gasteiger charge is 2.20. The van der Waals surface area contributed by atoms with Gasteiger partial charge in [-0.2, -0.15) is 0 Å². The molecule has 5 nitrogen and oxygen atoms in total. The Hall–Kier alpha value is -0.360. The molecule has 0 aromatic rings. The number of amides is 1. The van der Waals surface area contributed by atoms with E-state index >= 15 is 0 Å². The molecular weight excluding hydrogens is 230 g/mol. The number of hydrogen-bond donors (Lipinski definition) is 1. The first-order valence-electron chi connectivity index (χ1n) is 5.65. The van der Waals surface area contributed by atoms with Gasteiger partial charge < -0.3 is 15.0 Å². The SMILES string of the molecule is Cl.O=C(CN1CCNCC1)N1CCOCC1. The van der Waals surface area contributed by atoms with Crippen LogP contribution in [-0.4, -0.2) is 74.7 Å². The van der Waals surface area contributed by atoms with Crippen molar-refractivity contribution >= 4 is 18.3 Å². The van der Waals surface area contributed by atoms with Gasteiger partial charge in [0.15, 0.2) is 0 Å². The lowest BCUT2D eigenvalue weighted by Crippen LogP contribution is -2.50. The molecule has 1 amide bonds. The highest BCUT2D eigenvalue weighted by Crippen LogP contribution is 2.00. The van der Waals surface area contributed by atoms with Crippen molar-refractivity contribution in [3.63, 3.8) is 0 Å². The molecule has 1 N–H and O–H groups in total. The van der Waals surface area contributed by atoms with Gasteiger partial charge in [-0.05, 0) is 0 Å². The van der Waals surface area contributed by atoms with Gasteiger partial charge in [0.2, 0.25) is 5.91 Å². The minimum atomic E-state index is 0. The average Bonchev–Trinajstić information content (AvgIpc) is 2.31. The van der Waals surface area contributed by atoms with E-state index in [0.717, 1.165) is 39.3 Å². The Labute approximate surface area is 103 Å². The van der Waals surface area contributed by atoms with Crippen molar-refractivity contribution < 1.29 is 9.53 Å². The lowest BCUT2D eigenvalue weighted by atomic mass is 10.3. The molecule has 6 heteroatoms. The van der Waals surface area contributed by atoms with Crippen molar-refractivity contribution in [2.75, 3.05) is 59.0 Å². The first-order chi connectivity index (χ1) is 7.36. The molecule has 0 spiro atoms. The first kappa shape index (κ1) is 13.7. The summed E-state index contributed by atoms with van der Waals surface area (Å²) in [5.74, 6) is 0.250. The van der Waals surface area contributed by atoms with Crippen LogP contribution in [0.5, 0.6) is 0 Å². The van der Waals surface area contributed by atoms with E-state index in [2.05, 4.69) is 10.2 Å². The second-order valence-electron chi connectivity index (χ2n) is 4.02. The number of ether oxygens (including phenoxy) is 1. The Morgan fingerprint density at radius 2 is 1.75 bits per heavy atom. The zero-order chi connectivity index (χ0) is 10.5. The van der Waals surface area contributed by atoms with Crippen LogP contribution < -0.4 is 5.32 Å². The van der Waals surface area contributed by atoms with Gasteiger partial charge in [0, 0.05) is 39.3 Å². The molecule has 0 aromatic carbocycles. The van der Waals surface area contributed by atoms with E-state index in [4.69, 9.17) is 4.74 Å². The predicted octanol–water partition coefficient (Wildman–Crippen LogP) is -0.828. The quantitative estimate of drug-likeness (QED) is 0.694. The van der Waals surface area contributed by atoms with E-state index in [9.17, 15) is 4.79 Å². The summed E-state index contributed by atoms with van der Waals surface area (Å²) < 4.78 is 5.22. The van der Waals surface area contributed by atoms with Crippen LogP contribution >= 0.6 is 12.4 Å². The normalized spacial score (nSPS) is 22.6. The van der Waals surface area contributed by atoms with Gasteiger partial charge >= 0.3 is 0 Å². The summed E-state index contributed by atoms with van der Waals surface area (Å²) in [6, 6.07) is 0. The summed E-state index contributed by atoms with van der Waals surface area (Å²) in [5, 5.41) is 3.28. The molecule has 0 atom stereocenters. The molecule has 0 aromatic heterocycles. The fourth-order valence-electron chi connectivity index (χ4n) is 1.97. The summed E-state index contributed by atoms with van der Waals surface area (Å²) in [7, 11) is 0. The minimum Gasteiger partial charge on any atom is -0.378 e. The van der Waals surface area contributed by atoms with Gasteiger partial charge in [-0.15, -0.1) is 12.4 Å². The third kappa shape index (κ3) is 3.90. The molecule has 2 aliphatic rings. The van der Waals surface area contributed by atoms with Crippen LogP contribution in [-0.2, 0) is 9.53 Å². The molecule has 2 saturated heterocycles. The van der Waals surface area contributed by atoms with Crippen molar-refractivity contribution in [2.45, 2.75) is 0 Å². The maximum absolute atomic E-state index is 11.9. The first-order valence-corrected chi connectivity index (χ1v) is 5.65. The summed E-state index contributed by atoms with van der Waals surface area (Å²) in [5.41, 5.74) is 0. The Kier molecular flexibility index (Phi) is 6.05. The molecule has 0 saturated carbocycles. The lowest BCUT2D eigenvalue weighted by Gasteiger charge is -2.31. The standard InChI is InChI=1S/C10H19N3O2.ClH/c14-10(13-5-7-15-8-6-13)9-12-3-1-11-2-4-12;/h11H,1-9H2;1H. The Balaban J connectivity index is 0.00000128.